The molecule has 0 aliphatic carbocycles. The second-order valence-electron chi connectivity index (χ2n) is 12.3. The number of amides is 2. The predicted molar refractivity (Wildman–Crippen MR) is 182 cm³/mol. The fourth-order valence-corrected chi connectivity index (χ4v) is 8.06. The first-order valence-electron chi connectivity index (χ1n) is 16.2. The van der Waals surface area contributed by atoms with Gasteiger partial charge in [0, 0.05) is 37.1 Å². The Kier molecular flexibility index (Phi) is 17.1. The van der Waals surface area contributed by atoms with E-state index in [2.05, 4.69) is 43.5 Å². The van der Waals surface area contributed by atoms with E-state index in [1.807, 2.05) is 13.0 Å². The van der Waals surface area contributed by atoms with Crippen molar-refractivity contribution in [3.05, 3.63) is 24.8 Å². The third-order valence-corrected chi connectivity index (χ3v) is 11.3. The molecule has 310 valence electrons. The average molecular weight is 860 g/mol. The van der Waals surface area contributed by atoms with Crippen LogP contribution in [0.4, 0.5) is 5.82 Å². The smallest absolute Gasteiger partial charge is 0.274 e. The number of aliphatic hydroxyl groups excluding tert-OH is 2. The molecule has 0 spiro atoms. The first-order valence-corrected chi connectivity index (χ1v) is 21.5. The number of hydrogen-bond donors (Lipinski definition) is 5. The van der Waals surface area contributed by atoms with E-state index in [0.717, 1.165) is 35.4 Å². The fraction of sp³-hybridized carbons (Fsp3) is 0.630. The van der Waals surface area contributed by atoms with Crippen LogP contribution in [0, 0.1) is 5.41 Å². The topological polar surface area (TPSA) is 375 Å². The first-order chi connectivity index (χ1) is 25.6. The number of hydrogen-bond acceptors (Lipinski definition) is 22. The number of carbonyl (C=O) groups is 3. The summed E-state index contributed by atoms with van der Waals surface area (Å²) >= 11 is 1.06. The zero-order valence-electron chi connectivity index (χ0n) is 29.5. The Morgan fingerprint density at radius 1 is 1.09 bits per heavy atom. The van der Waals surface area contributed by atoms with Gasteiger partial charge in [0.2, 0.25) is 11.8 Å². The number of allylic oxidation sites excluding steroid dienone is 2. The maximum Gasteiger partial charge on any atom is 0.274 e. The van der Waals surface area contributed by atoms with Gasteiger partial charge in [-0.15, -0.1) is 0 Å². The number of aromatic nitrogens is 4. The molecule has 0 aromatic carbocycles. The standard InChI is InChI=1S/C27H44N7O17P3S/c1-4-5-6-7-18(36)55-11-10-29-17(35)8-9-30-25(39)22(38)27(2,3)13-48-54(45,46)51-53(43,44)47-12-16-21(50-52(40,41)42)20(37)26(49-16)34-15-33-19-23(28)31-14-32-24(19)34/h5-6,14-16,20-22,26,37-38H,4,7-13H2,1-3H3,(H,29,35)(H,30,39)(H,43,44)(H,45,46)(H2,28,31,32)(H2,40,41,42)/p-4/b6-5-. The molecule has 0 radical (unpaired) electrons. The average Bonchev–Trinajstić information content (AvgIpc) is 3.64. The molecule has 7 atom stereocenters. The van der Waals surface area contributed by atoms with E-state index in [4.69, 9.17) is 10.5 Å². The molecule has 24 nitrogen and oxygen atoms in total. The lowest BCUT2D eigenvalue weighted by Gasteiger charge is -2.36. The number of nitrogens with one attached hydrogen (secondary N) is 2. The van der Waals surface area contributed by atoms with Crippen LogP contribution in [0.15, 0.2) is 24.8 Å². The Labute approximate surface area is 318 Å². The van der Waals surface area contributed by atoms with Gasteiger partial charge in [-0.3, -0.25) is 28.1 Å². The number of rotatable bonds is 22. The van der Waals surface area contributed by atoms with Crippen LogP contribution in [0.5, 0.6) is 0 Å². The monoisotopic (exact) mass is 859 g/mol. The minimum atomic E-state index is -5.91. The Morgan fingerprint density at radius 2 is 1.78 bits per heavy atom. The van der Waals surface area contributed by atoms with Gasteiger partial charge in [0.1, 0.15) is 36.3 Å². The third kappa shape index (κ3) is 14.6. The van der Waals surface area contributed by atoms with Gasteiger partial charge in [-0.2, -0.15) is 0 Å². The second kappa shape index (κ2) is 20.1. The molecule has 1 fully saturated rings. The van der Waals surface area contributed by atoms with Crippen molar-refractivity contribution in [1.29, 1.82) is 0 Å². The summed E-state index contributed by atoms with van der Waals surface area (Å²) in [7, 11) is -17.6. The van der Waals surface area contributed by atoms with Crippen LogP contribution in [0.2, 0.25) is 0 Å². The van der Waals surface area contributed by atoms with E-state index in [1.54, 1.807) is 6.08 Å². The van der Waals surface area contributed by atoms with E-state index >= 15 is 0 Å². The van der Waals surface area contributed by atoms with Crippen LogP contribution in [0.1, 0.15) is 46.3 Å². The molecule has 2 aromatic heterocycles. The molecule has 28 heteroatoms. The van der Waals surface area contributed by atoms with Crippen molar-refractivity contribution >= 4 is 69.1 Å². The molecule has 3 rings (SSSR count). The number of carbonyl (C=O) groups excluding carboxylic acids is 3. The van der Waals surface area contributed by atoms with Crippen LogP contribution in [-0.2, 0) is 50.7 Å². The van der Waals surface area contributed by atoms with E-state index in [9.17, 15) is 57.9 Å². The number of nitrogens with two attached hydrogens (primary N) is 1. The van der Waals surface area contributed by atoms with Crippen molar-refractivity contribution < 1.29 is 80.5 Å². The van der Waals surface area contributed by atoms with Gasteiger partial charge in [0.15, 0.2) is 22.8 Å². The first kappa shape index (κ1) is 46.7. The highest BCUT2D eigenvalue weighted by molar-refractivity contribution is 8.13. The lowest BCUT2D eigenvalue weighted by molar-refractivity contribution is -0.347. The van der Waals surface area contributed by atoms with Crippen molar-refractivity contribution in [2.75, 3.05) is 37.8 Å². The zero-order valence-corrected chi connectivity index (χ0v) is 33.0. The molecular formula is C27H40N7O17P3S-4. The Bertz CT molecular complexity index is 1830. The highest BCUT2D eigenvalue weighted by Crippen LogP contribution is 2.56. The number of nitrogen functional groups attached to an aromatic ring is 1. The fourth-order valence-electron chi connectivity index (χ4n) is 4.68. The van der Waals surface area contributed by atoms with Gasteiger partial charge >= 0.3 is 0 Å². The summed E-state index contributed by atoms with van der Waals surface area (Å²) in [4.78, 5) is 95.6. The molecule has 1 aliphatic rings. The van der Waals surface area contributed by atoms with E-state index in [1.165, 1.54) is 13.8 Å². The van der Waals surface area contributed by atoms with E-state index in [-0.39, 0.29) is 48.0 Å². The summed E-state index contributed by atoms with van der Waals surface area (Å²) < 4.78 is 60.4. The van der Waals surface area contributed by atoms with Crippen molar-refractivity contribution in [2.45, 2.75) is 70.7 Å². The Hall–Kier alpha value is -2.70. The van der Waals surface area contributed by atoms with Gasteiger partial charge in [-0.1, -0.05) is 44.7 Å². The van der Waals surface area contributed by atoms with E-state index < -0.39 is 84.6 Å². The number of thioether (sulfide) groups is 1. The lowest BCUT2D eigenvalue weighted by atomic mass is 9.87. The molecule has 0 saturated carbocycles. The van der Waals surface area contributed by atoms with Crippen LogP contribution < -0.4 is 35.9 Å². The Balaban J connectivity index is 1.49. The number of nitrogens with zero attached hydrogens (tertiary/aromatic N) is 4. The summed E-state index contributed by atoms with van der Waals surface area (Å²) in [6.45, 7) is 2.05. The van der Waals surface area contributed by atoms with E-state index in [0.29, 0.717) is 5.75 Å². The highest BCUT2D eigenvalue weighted by Gasteiger charge is 2.47. The number of ether oxygens (including phenoxy) is 1. The Morgan fingerprint density at radius 3 is 2.45 bits per heavy atom. The van der Waals surface area contributed by atoms with Crippen LogP contribution in [-0.4, -0.2) is 103 Å². The number of fused-ring (bicyclic) bond motifs is 1. The molecular weight excluding hydrogens is 819 g/mol. The SMILES string of the molecule is CC/C=C\CC(=O)SCCNC(=O)CCNC(=O)C(O)C(C)(C)COP(=O)([O-])OP(=O)([O-])OCC1OC(n2cnc3c(N)ncnc32)C(O)C1OP(=O)([O-])[O-]. The minimum Gasteiger partial charge on any atom is -0.790 e. The lowest BCUT2D eigenvalue weighted by Crippen LogP contribution is -2.46. The van der Waals surface area contributed by atoms with Crippen LogP contribution >= 0.6 is 35.2 Å². The molecule has 1 saturated heterocycles. The summed E-state index contributed by atoms with van der Waals surface area (Å²) in [6.07, 6.45) is -2.86. The van der Waals surface area contributed by atoms with Crippen molar-refractivity contribution in [2.24, 2.45) is 5.41 Å². The summed E-state index contributed by atoms with van der Waals surface area (Å²) in [6, 6.07) is 0. The molecule has 7 unspecified atom stereocenters. The molecule has 0 bridgehead atoms. The predicted octanol–water partition coefficient (Wildman–Crippen LogP) is -2.51. The number of imidazole rings is 1. The van der Waals surface area contributed by atoms with Crippen LogP contribution in [0.3, 0.4) is 0 Å². The number of aliphatic hydroxyl groups is 2. The molecule has 2 amide bonds. The van der Waals surface area contributed by atoms with Crippen molar-refractivity contribution in [1.82, 2.24) is 30.2 Å². The molecule has 2 aromatic rings. The van der Waals surface area contributed by atoms with Gasteiger partial charge in [0.25, 0.3) is 15.6 Å². The van der Waals surface area contributed by atoms with Gasteiger partial charge in [-0.25, -0.2) is 19.3 Å². The van der Waals surface area contributed by atoms with Gasteiger partial charge in [0.05, 0.1) is 27.4 Å². The van der Waals surface area contributed by atoms with Crippen molar-refractivity contribution in [3.8, 4) is 0 Å². The zero-order chi connectivity index (χ0) is 41.2. The number of anilines is 1. The summed E-state index contributed by atoms with van der Waals surface area (Å²) in [5.74, 6) is -1.21. The van der Waals surface area contributed by atoms with Crippen molar-refractivity contribution in [3.63, 3.8) is 0 Å². The third-order valence-electron chi connectivity index (χ3n) is 7.43. The minimum absolute atomic E-state index is 0.0212. The maximum atomic E-state index is 12.5. The van der Waals surface area contributed by atoms with Gasteiger partial charge in [-0.05, 0) is 6.42 Å². The largest absolute Gasteiger partial charge is 0.790 e. The summed E-state index contributed by atoms with van der Waals surface area (Å²) in [5.41, 5.74) is 4.07. The second-order valence-corrected chi connectivity index (χ2v) is 17.5. The molecule has 6 N–H and O–H groups in total. The highest BCUT2D eigenvalue weighted by atomic mass is 32.2. The number of phosphoric acid groups is 3. The normalized spacial score (nSPS) is 22.0. The molecule has 55 heavy (non-hydrogen) atoms. The quantitative estimate of drug-likeness (QED) is 0.0464. The molecule has 1 aliphatic heterocycles. The van der Waals surface area contributed by atoms with Crippen LogP contribution in [0.25, 0.3) is 11.2 Å². The number of phosphoric ester groups is 3. The summed E-state index contributed by atoms with van der Waals surface area (Å²) in [5, 5.41) is 26.1. The molecule has 3 heterocycles. The van der Waals surface area contributed by atoms with Gasteiger partial charge < -0.3 is 69.0 Å². The maximum absolute atomic E-state index is 12.5.